The minimum absolute atomic E-state index is 0.0249. The third-order valence-corrected chi connectivity index (χ3v) is 5.09. The summed E-state index contributed by atoms with van der Waals surface area (Å²) in [6.07, 6.45) is 0.635. The van der Waals surface area contributed by atoms with Crippen LogP contribution in [0.4, 0.5) is 0 Å². The molecule has 0 saturated carbocycles. The van der Waals surface area contributed by atoms with E-state index in [0.29, 0.717) is 31.2 Å². The van der Waals surface area contributed by atoms with Crippen LogP contribution in [-0.2, 0) is 20.7 Å². The van der Waals surface area contributed by atoms with Gasteiger partial charge in [-0.1, -0.05) is 43.6 Å². The molecule has 3 rings (SSSR count). The molecule has 2 aromatic carbocycles. The fourth-order valence-electron chi connectivity index (χ4n) is 3.33. The molecular weight excluding hydrogens is 406 g/mol. The minimum atomic E-state index is -0.451. The molecule has 1 heterocycles. The quantitative estimate of drug-likeness (QED) is 0.644. The molecule has 6 nitrogen and oxygen atoms in total. The second kappa shape index (κ2) is 10.3. The topological polar surface area (TPSA) is 73.9 Å². The molecule has 7 heteroatoms. The van der Waals surface area contributed by atoms with Crippen molar-refractivity contribution >= 4 is 23.5 Å². The lowest BCUT2D eigenvalue weighted by molar-refractivity contribution is -0.151. The fourth-order valence-corrected chi connectivity index (χ4v) is 3.46. The number of halogens is 1. The Labute approximate surface area is 181 Å². The first-order chi connectivity index (χ1) is 14.4. The van der Waals surface area contributed by atoms with E-state index in [-0.39, 0.29) is 18.4 Å². The molecule has 160 valence electrons. The van der Waals surface area contributed by atoms with Crippen molar-refractivity contribution in [2.24, 2.45) is 5.92 Å². The molecule has 0 fully saturated rings. The Hall–Kier alpha value is -2.73. The number of carbonyl (C=O) groups excluding carboxylic acids is 2. The van der Waals surface area contributed by atoms with E-state index >= 15 is 0 Å². The predicted molar refractivity (Wildman–Crippen MR) is 114 cm³/mol. The van der Waals surface area contributed by atoms with Crippen LogP contribution in [-0.4, -0.2) is 38.2 Å². The highest BCUT2D eigenvalue weighted by Crippen LogP contribution is 2.31. The van der Waals surface area contributed by atoms with Gasteiger partial charge in [0.05, 0.1) is 5.92 Å². The van der Waals surface area contributed by atoms with Gasteiger partial charge in [-0.2, -0.15) is 0 Å². The number of hydrogen-bond donors (Lipinski definition) is 1. The molecule has 0 aliphatic carbocycles. The van der Waals surface area contributed by atoms with E-state index in [4.69, 9.17) is 25.8 Å². The molecule has 30 heavy (non-hydrogen) atoms. The Morgan fingerprint density at radius 3 is 2.47 bits per heavy atom. The molecular formula is C23H26ClNO5. The van der Waals surface area contributed by atoms with Gasteiger partial charge in [-0.3, -0.25) is 9.59 Å². The van der Waals surface area contributed by atoms with Gasteiger partial charge in [0.1, 0.15) is 13.2 Å². The summed E-state index contributed by atoms with van der Waals surface area (Å²) < 4.78 is 16.3. The summed E-state index contributed by atoms with van der Waals surface area (Å²) >= 11 is 5.92. The van der Waals surface area contributed by atoms with Crippen molar-refractivity contribution in [3.8, 4) is 11.5 Å². The molecule has 0 spiro atoms. The summed E-state index contributed by atoms with van der Waals surface area (Å²) in [6, 6.07) is 12.8. The van der Waals surface area contributed by atoms with E-state index in [0.717, 1.165) is 22.6 Å². The Morgan fingerprint density at radius 1 is 1.07 bits per heavy atom. The number of benzene rings is 2. The second-order valence-electron chi connectivity index (χ2n) is 7.46. The molecule has 1 amide bonds. The van der Waals surface area contributed by atoms with Crippen molar-refractivity contribution in [2.45, 2.75) is 26.2 Å². The molecule has 1 unspecified atom stereocenters. The van der Waals surface area contributed by atoms with Gasteiger partial charge in [-0.05, 0) is 47.7 Å². The van der Waals surface area contributed by atoms with Crippen LogP contribution in [0, 0.1) is 5.92 Å². The number of hydrogen-bond acceptors (Lipinski definition) is 5. The molecule has 1 atom stereocenters. The monoisotopic (exact) mass is 431 g/mol. The van der Waals surface area contributed by atoms with Crippen LogP contribution in [0.1, 0.15) is 30.9 Å². The van der Waals surface area contributed by atoms with Crippen molar-refractivity contribution in [1.29, 1.82) is 0 Å². The van der Waals surface area contributed by atoms with Gasteiger partial charge >= 0.3 is 5.97 Å². The van der Waals surface area contributed by atoms with E-state index < -0.39 is 11.9 Å². The molecule has 0 bridgehead atoms. The standard InChI is InChI=1S/C23H26ClNO5/c1-15(2)22(17-4-6-18(24)7-5-17)23(27)30-14-21(26)25-10-9-16-3-8-19-20(13-16)29-12-11-28-19/h3-8,13,15,22H,9-12,14H2,1-2H3,(H,25,26). The van der Waals surface area contributed by atoms with Crippen molar-refractivity contribution in [3.63, 3.8) is 0 Å². The average Bonchev–Trinajstić information content (AvgIpc) is 2.73. The molecule has 0 aromatic heterocycles. The fraction of sp³-hybridized carbons (Fsp3) is 0.391. The first kappa shape index (κ1) is 22.0. The molecule has 1 aliphatic heterocycles. The van der Waals surface area contributed by atoms with Crippen LogP contribution >= 0.6 is 11.6 Å². The molecule has 1 N–H and O–H groups in total. The highest BCUT2D eigenvalue weighted by atomic mass is 35.5. The SMILES string of the molecule is CC(C)C(C(=O)OCC(=O)NCCc1ccc2c(c1)OCCO2)c1ccc(Cl)cc1. The van der Waals surface area contributed by atoms with Gasteiger partial charge in [0.25, 0.3) is 5.91 Å². The molecule has 1 aliphatic rings. The predicted octanol–water partition coefficient (Wildman–Crippen LogP) is 3.75. The van der Waals surface area contributed by atoms with Crippen LogP contribution < -0.4 is 14.8 Å². The van der Waals surface area contributed by atoms with Crippen LogP contribution in [0.25, 0.3) is 0 Å². The zero-order chi connectivity index (χ0) is 21.5. The molecule has 2 aromatic rings. The highest BCUT2D eigenvalue weighted by molar-refractivity contribution is 6.30. The molecule has 0 radical (unpaired) electrons. The summed E-state index contributed by atoms with van der Waals surface area (Å²) in [5, 5.41) is 3.38. The number of ether oxygens (including phenoxy) is 3. The normalized spacial score (nSPS) is 13.6. The van der Waals surface area contributed by atoms with Crippen LogP contribution in [0.2, 0.25) is 5.02 Å². The summed E-state index contributed by atoms with van der Waals surface area (Å²) in [4.78, 5) is 24.6. The van der Waals surface area contributed by atoms with E-state index in [9.17, 15) is 9.59 Å². The van der Waals surface area contributed by atoms with Crippen LogP contribution in [0.3, 0.4) is 0 Å². The number of rotatable bonds is 8. The number of amides is 1. The maximum atomic E-state index is 12.5. The third-order valence-electron chi connectivity index (χ3n) is 4.84. The summed E-state index contributed by atoms with van der Waals surface area (Å²) in [5.41, 5.74) is 1.84. The Kier molecular flexibility index (Phi) is 7.57. The smallest absolute Gasteiger partial charge is 0.314 e. The Morgan fingerprint density at radius 2 is 1.77 bits per heavy atom. The second-order valence-corrected chi connectivity index (χ2v) is 7.90. The Bertz CT molecular complexity index is 882. The van der Waals surface area contributed by atoms with Crippen molar-refractivity contribution < 1.29 is 23.8 Å². The maximum Gasteiger partial charge on any atom is 0.314 e. The van der Waals surface area contributed by atoms with Crippen LogP contribution in [0.5, 0.6) is 11.5 Å². The number of nitrogens with one attached hydrogen (secondary N) is 1. The first-order valence-corrected chi connectivity index (χ1v) is 10.4. The highest BCUT2D eigenvalue weighted by Gasteiger charge is 2.26. The lowest BCUT2D eigenvalue weighted by Gasteiger charge is -2.20. The van der Waals surface area contributed by atoms with Crippen LogP contribution in [0.15, 0.2) is 42.5 Å². The van der Waals surface area contributed by atoms with Gasteiger partial charge in [0.15, 0.2) is 18.1 Å². The van der Waals surface area contributed by atoms with Gasteiger partial charge in [-0.25, -0.2) is 0 Å². The summed E-state index contributed by atoms with van der Waals surface area (Å²) in [6.45, 7) is 5.09. The summed E-state index contributed by atoms with van der Waals surface area (Å²) in [5.74, 6) is 0.279. The third kappa shape index (κ3) is 5.89. The van der Waals surface area contributed by atoms with Crippen molar-refractivity contribution in [3.05, 3.63) is 58.6 Å². The largest absolute Gasteiger partial charge is 0.486 e. The lowest BCUT2D eigenvalue weighted by Crippen LogP contribution is -2.32. The number of carbonyl (C=O) groups is 2. The number of esters is 1. The van der Waals surface area contributed by atoms with E-state index in [1.54, 1.807) is 12.1 Å². The first-order valence-electron chi connectivity index (χ1n) is 10.0. The minimum Gasteiger partial charge on any atom is -0.486 e. The zero-order valence-electron chi connectivity index (χ0n) is 17.2. The van der Waals surface area contributed by atoms with Gasteiger partial charge in [-0.15, -0.1) is 0 Å². The molecule has 0 saturated heterocycles. The lowest BCUT2D eigenvalue weighted by atomic mass is 9.88. The summed E-state index contributed by atoms with van der Waals surface area (Å²) in [7, 11) is 0. The zero-order valence-corrected chi connectivity index (χ0v) is 17.9. The van der Waals surface area contributed by atoms with Crippen molar-refractivity contribution in [2.75, 3.05) is 26.4 Å². The van der Waals surface area contributed by atoms with Gasteiger partial charge in [0.2, 0.25) is 0 Å². The van der Waals surface area contributed by atoms with Gasteiger partial charge in [0, 0.05) is 11.6 Å². The van der Waals surface area contributed by atoms with Gasteiger partial charge < -0.3 is 19.5 Å². The van der Waals surface area contributed by atoms with E-state index in [1.165, 1.54) is 0 Å². The Balaban J connectivity index is 1.45. The van der Waals surface area contributed by atoms with Crippen molar-refractivity contribution in [1.82, 2.24) is 5.32 Å². The average molecular weight is 432 g/mol. The maximum absolute atomic E-state index is 12.5. The van der Waals surface area contributed by atoms with E-state index in [2.05, 4.69) is 5.32 Å². The van der Waals surface area contributed by atoms with E-state index in [1.807, 2.05) is 44.2 Å². The number of fused-ring (bicyclic) bond motifs is 1.